The second-order valence-electron chi connectivity index (χ2n) is 7.63. The fourth-order valence-electron chi connectivity index (χ4n) is 4.48. The van der Waals surface area contributed by atoms with Gasteiger partial charge in [0.15, 0.2) is 5.78 Å². The van der Waals surface area contributed by atoms with E-state index in [0.717, 1.165) is 64.2 Å². The number of hydrogen-bond donors (Lipinski definition) is 0. The SMILES string of the molecule is Cl.O=C1CC(C(=O)N2CCCCC2CN2CCOCC2)c2cc(Cl)c(Cl)cc21. The van der Waals surface area contributed by atoms with Gasteiger partial charge in [-0.2, -0.15) is 0 Å². The van der Waals surface area contributed by atoms with E-state index < -0.39 is 5.92 Å². The summed E-state index contributed by atoms with van der Waals surface area (Å²) in [7, 11) is 0. The number of hydrogen-bond acceptors (Lipinski definition) is 4. The van der Waals surface area contributed by atoms with Crippen molar-refractivity contribution in [2.45, 2.75) is 37.6 Å². The summed E-state index contributed by atoms with van der Waals surface area (Å²) in [6.45, 7) is 4.98. The number of nitrogens with zero attached hydrogens (tertiary/aromatic N) is 2. The molecule has 0 bridgehead atoms. The number of likely N-dealkylation sites (tertiary alicyclic amines) is 1. The molecular weight excluding hydrogens is 423 g/mol. The van der Waals surface area contributed by atoms with Crippen LogP contribution in [0.15, 0.2) is 12.1 Å². The molecule has 2 fully saturated rings. The fraction of sp³-hybridized carbons (Fsp3) is 0.600. The summed E-state index contributed by atoms with van der Waals surface area (Å²) in [6.07, 6.45) is 3.38. The lowest BCUT2D eigenvalue weighted by molar-refractivity contribution is -0.137. The number of ketones is 1. The summed E-state index contributed by atoms with van der Waals surface area (Å²) >= 11 is 12.2. The van der Waals surface area contributed by atoms with E-state index in [9.17, 15) is 9.59 Å². The zero-order valence-electron chi connectivity index (χ0n) is 15.7. The Balaban J connectivity index is 0.00000225. The molecule has 0 spiro atoms. The van der Waals surface area contributed by atoms with Crippen molar-refractivity contribution in [1.82, 2.24) is 9.80 Å². The third kappa shape index (κ3) is 4.34. The van der Waals surface area contributed by atoms with Crippen LogP contribution >= 0.6 is 35.6 Å². The highest BCUT2D eigenvalue weighted by Crippen LogP contribution is 2.39. The average molecular weight is 448 g/mol. The van der Waals surface area contributed by atoms with Crippen LogP contribution in [-0.4, -0.2) is 66.9 Å². The molecule has 2 saturated heterocycles. The predicted molar refractivity (Wildman–Crippen MR) is 112 cm³/mol. The van der Waals surface area contributed by atoms with E-state index in [-0.39, 0.29) is 36.6 Å². The highest BCUT2D eigenvalue weighted by Gasteiger charge is 2.40. The first-order chi connectivity index (χ1) is 13.0. The lowest BCUT2D eigenvalue weighted by Crippen LogP contribution is -2.52. The summed E-state index contributed by atoms with van der Waals surface area (Å²) in [4.78, 5) is 30.2. The molecule has 154 valence electrons. The number of Topliss-reactive ketones (excluding diaryl/α,β-unsaturated/α-hetero) is 1. The second kappa shape index (κ2) is 9.31. The van der Waals surface area contributed by atoms with E-state index in [1.54, 1.807) is 12.1 Å². The van der Waals surface area contributed by atoms with E-state index in [2.05, 4.69) is 4.90 Å². The number of morpholine rings is 1. The van der Waals surface area contributed by atoms with Crippen molar-refractivity contribution in [3.8, 4) is 0 Å². The standard InChI is InChI=1S/C20H24Cl2N2O3.ClH/c21-17-9-14-15(10-18(17)22)19(25)11-16(14)20(26)24-4-2-1-3-13(24)12-23-5-7-27-8-6-23;/h9-10,13,16H,1-8,11-12H2;1H. The molecule has 3 aliphatic rings. The maximum absolute atomic E-state index is 13.4. The van der Waals surface area contributed by atoms with Crippen LogP contribution in [0.25, 0.3) is 0 Å². The second-order valence-corrected chi connectivity index (χ2v) is 8.44. The molecule has 2 unspecified atom stereocenters. The minimum absolute atomic E-state index is 0. The van der Waals surface area contributed by atoms with Crippen LogP contribution in [0.4, 0.5) is 0 Å². The molecule has 4 rings (SSSR count). The van der Waals surface area contributed by atoms with Crippen molar-refractivity contribution < 1.29 is 14.3 Å². The first-order valence-electron chi connectivity index (χ1n) is 9.67. The lowest BCUT2D eigenvalue weighted by atomic mass is 9.95. The lowest BCUT2D eigenvalue weighted by Gasteiger charge is -2.40. The molecule has 2 heterocycles. The van der Waals surface area contributed by atoms with Crippen molar-refractivity contribution >= 4 is 47.3 Å². The van der Waals surface area contributed by atoms with E-state index in [4.69, 9.17) is 27.9 Å². The molecule has 0 aromatic heterocycles. The largest absolute Gasteiger partial charge is 0.379 e. The smallest absolute Gasteiger partial charge is 0.230 e. The topological polar surface area (TPSA) is 49.9 Å². The maximum Gasteiger partial charge on any atom is 0.230 e. The molecule has 1 aliphatic carbocycles. The predicted octanol–water partition coefficient (Wildman–Crippen LogP) is 3.80. The van der Waals surface area contributed by atoms with Gasteiger partial charge in [-0.25, -0.2) is 0 Å². The summed E-state index contributed by atoms with van der Waals surface area (Å²) in [5.41, 5.74) is 1.28. The molecule has 2 aliphatic heterocycles. The van der Waals surface area contributed by atoms with Gasteiger partial charge >= 0.3 is 0 Å². The summed E-state index contributed by atoms with van der Waals surface area (Å²) < 4.78 is 5.43. The Bertz CT molecular complexity index is 752. The highest BCUT2D eigenvalue weighted by molar-refractivity contribution is 6.42. The molecule has 1 aromatic carbocycles. The van der Waals surface area contributed by atoms with Crippen molar-refractivity contribution in [2.24, 2.45) is 0 Å². The number of benzene rings is 1. The van der Waals surface area contributed by atoms with Crippen LogP contribution in [0, 0.1) is 0 Å². The van der Waals surface area contributed by atoms with Crippen molar-refractivity contribution in [3.05, 3.63) is 33.3 Å². The minimum atomic E-state index is -0.437. The number of rotatable bonds is 3. The highest BCUT2D eigenvalue weighted by atomic mass is 35.5. The van der Waals surface area contributed by atoms with Gasteiger partial charge in [0.25, 0.3) is 0 Å². The monoisotopic (exact) mass is 446 g/mol. The normalized spacial score (nSPS) is 25.4. The molecule has 28 heavy (non-hydrogen) atoms. The van der Waals surface area contributed by atoms with Crippen molar-refractivity contribution in [2.75, 3.05) is 39.4 Å². The van der Waals surface area contributed by atoms with Crippen LogP contribution in [0.1, 0.15) is 47.5 Å². The first-order valence-corrected chi connectivity index (χ1v) is 10.4. The fourth-order valence-corrected chi connectivity index (χ4v) is 4.82. The van der Waals surface area contributed by atoms with Crippen LogP contribution < -0.4 is 0 Å². The number of carbonyl (C=O) groups excluding carboxylic acids is 2. The van der Waals surface area contributed by atoms with Gasteiger partial charge < -0.3 is 9.64 Å². The van der Waals surface area contributed by atoms with E-state index in [0.29, 0.717) is 15.6 Å². The molecule has 1 aromatic rings. The van der Waals surface area contributed by atoms with Crippen molar-refractivity contribution in [3.63, 3.8) is 0 Å². The zero-order valence-corrected chi connectivity index (χ0v) is 18.0. The Labute approximate surface area is 181 Å². The first kappa shape index (κ1) is 21.8. The van der Waals surface area contributed by atoms with Gasteiger partial charge in [0.05, 0.1) is 29.2 Å². The number of halogens is 3. The Hall–Kier alpha value is -0.850. The third-order valence-electron chi connectivity index (χ3n) is 5.94. The van der Waals surface area contributed by atoms with Gasteiger partial charge in [-0.3, -0.25) is 14.5 Å². The molecule has 8 heteroatoms. The Morgan fingerprint density at radius 2 is 1.82 bits per heavy atom. The molecule has 5 nitrogen and oxygen atoms in total. The van der Waals surface area contributed by atoms with Gasteiger partial charge in [-0.15, -0.1) is 12.4 Å². The number of piperidine rings is 1. The van der Waals surface area contributed by atoms with E-state index in [1.165, 1.54) is 0 Å². The Kier molecular flexibility index (Phi) is 7.26. The van der Waals surface area contributed by atoms with Crippen LogP contribution in [0.3, 0.4) is 0 Å². The van der Waals surface area contributed by atoms with E-state index >= 15 is 0 Å². The Morgan fingerprint density at radius 3 is 2.57 bits per heavy atom. The molecule has 1 amide bonds. The number of fused-ring (bicyclic) bond motifs is 1. The van der Waals surface area contributed by atoms with Gasteiger partial charge in [-0.1, -0.05) is 23.2 Å². The van der Waals surface area contributed by atoms with Gasteiger partial charge in [0.2, 0.25) is 5.91 Å². The molecule has 2 atom stereocenters. The van der Waals surface area contributed by atoms with Crippen LogP contribution in [0.5, 0.6) is 0 Å². The molecule has 0 N–H and O–H groups in total. The third-order valence-corrected chi connectivity index (χ3v) is 6.66. The van der Waals surface area contributed by atoms with Crippen LogP contribution in [0.2, 0.25) is 10.0 Å². The van der Waals surface area contributed by atoms with Crippen molar-refractivity contribution in [1.29, 1.82) is 0 Å². The van der Waals surface area contributed by atoms with Gasteiger partial charge in [-0.05, 0) is 37.0 Å². The minimum Gasteiger partial charge on any atom is -0.379 e. The number of ether oxygens (including phenoxy) is 1. The quantitative estimate of drug-likeness (QED) is 0.707. The summed E-state index contributed by atoms with van der Waals surface area (Å²) in [5.74, 6) is -0.408. The van der Waals surface area contributed by atoms with Crippen LogP contribution in [-0.2, 0) is 9.53 Å². The van der Waals surface area contributed by atoms with E-state index in [1.807, 2.05) is 4.90 Å². The molecular formula is C20H25Cl3N2O3. The average Bonchev–Trinajstić information content (AvgIpc) is 2.99. The maximum atomic E-state index is 13.4. The summed E-state index contributed by atoms with van der Waals surface area (Å²) in [5, 5.41) is 0.756. The Morgan fingerprint density at radius 1 is 1.11 bits per heavy atom. The number of carbonyl (C=O) groups is 2. The molecule has 0 saturated carbocycles. The van der Waals surface area contributed by atoms with Gasteiger partial charge in [0.1, 0.15) is 0 Å². The molecule has 0 radical (unpaired) electrons. The summed E-state index contributed by atoms with van der Waals surface area (Å²) in [6, 6.07) is 3.51. The van der Waals surface area contributed by atoms with Gasteiger partial charge in [0, 0.05) is 44.2 Å². The zero-order chi connectivity index (χ0) is 19.0. The number of amides is 1.